The van der Waals surface area contributed by atoms with Crippen LogP contribution in [0.2, 0.25) is 0 Å². The van der Waals surface area contributed by atoms with Gasteiger partial charge in [-0.15, -0.1) is 11.3 Å². The smallest absolute Gasteiger partial charge is 0.0326 e. The Kier molecular flexibility index (Phi) is 5.61. The summed E-state index contributed by atoms with van der Waals surface area (Å²) in [6, 6.07) is 11.3. The molecule has 0 saturated heterocycles. The molecule has 0 fully saturated rings. The van der Waals surface area contributed by atoms with Gasteiger partial charge in [-0.1, -0.05) is 35.0 Å². The van der Waals surface area contributed by atoms with Crippen molar-refractivity contribution in [3.8, 4) is 0 Å². The summed E-state index contributed by atoms with van der Waals surface area (Å²) in [7, 11) is 0. The molecule has 0 aliphatic heterocycles. The summed E-state index contributed by atoms with van der Waals surface area (Å²) in [5.41, 5.74) is 2.77. The quantitative estimate of drug-likeness (QED) is 0.772. The predicted octanol–water partition coefficient (Wildman–Crippen LogP) is 5.10. The van der Waals surface area contributed by atoms with Crippen molar-refractivity contribution in [1.82, 2.24) is 5.32 Å². The van der Waals surface area contributed by atoms with E-state index in [1.165, 1.54) is 16.0 Å². The molecule has 0 amide bonds. The number of aryl methyl sites for hydroxylation is 2. The fourth-order valence-electron chi connectivity index (χ4n) is 2.34. The maximum absolute atomic E-state index is 3.61. The zero-order chi connectivity index (χ0) is 13.7. The Morgan fingerprint density at radius 2 is 2.16 bits per heavy atom. The summed E-state index contributed by atoms with van der Waals surface area (Å²) >= 11 is 5.43. The van der Waals surface area contributed by atoms with Crippen LogP contribution in [0.3, 0.4) is 0 Å². The van der Waals surface area contributed by atoms with Crippen molar-refractivity contribution >= 4 is 27.3 Å². The standard InChI is InChI=1S/C16H20BrNS/c1-3-18-16(9-8-14-5-4-10-19-14)15-11-13(17)7-6-12(15)2/h4-7,10-11,16,18H,3,8-9H2,1-2H3. The fourth-order valence-corrected chi connectivity index (χ4v) is 3.45. The minimum Gasteiger partial charge on any atom is -0.310 e. The second-order valence-corrected chi connectivity index (χ2v) is 6.68. The number of halogens is 1. The molecular weight excluding hydrogens is 318 g/mol. The second kappa shape index (κ2) is 7.22. The average molecular weight is 338 g/mol. The van der Waals surface area contributed by atoms with E-state index in [0.717, 1.165) is 23.9 Å². The first kappa shape index (κ1) is 14.8. The highest BCUT2D eigenvalue weighted by Crippen LogP contribution is 2.26. The third-order valence-corrected chi connectivity index (χ3v) is 4.76. The van der Waals surface area contributed by atoms with Gasteiger partial charge in [0, 0.05) is 15.4 Å². The normalized spacial score (nSPS) is 12.6. The largest absolute Gasteiger partial charge is 0.310 e. The van der Waals surface area contributed by atoms with E-state index in [1.54, 1.807) is 0 Å². The average Bonchev–Trinajstić information content (AvgIpc) is 2.91. The maximum Gasteiger partial charge on any atom is 0.0326 e. The van der Waals surface area contributed by atoms with Crippen molar-refractivity contribution in [1.29, 1.82) is 0 Å². The summed E-state index contributed by atoms with van der Waals surface area (Å²) in [5.74, 6) is 0. The highest BCUT2D eigenvalue weighted by Gasteiger charge is 2.13. The van der Waals surface area contributed by atoms with Crippen molar-refractivity contribution in [2.45, 2.75) is 32.7 Å². The molecule has 1 heterocycles. The molecule has 0 radical (unpaired) electrons. The molecule has 0 saturated carbocycles. The Labute approximate surface area is 128 Å². The van der Waals surface area contributed by atoms with Crippen LogP contribution < -0.4 is 5.32 Å². The van der Waals surface area contributed by atoms with Crippen LogP contribution in [0.15, 0.2) is 40.2 Å². The molecule has 1 N–H and O–H groups in total. The van der Waals surface area contributed by atoms with Crippen LogP contribution in [-0.2, 0) is 6.42 Å². The van der Waals surface area contributed by atoms with Crippen molar-refractivity contribution in [3.05, 3.63) is 56.2 Å². The van der Waals surface area contributed by atoms with Gasteiger partial charge in [0.05, 0.1) is 0 Å². The molecule has 0 spiro atoms. The molecule has 0 aliphatic rings. The SMILES string of the molecule is CCNC(CCc1cccs1)c1cc(Br)ccc1C. The van der Waals surface area contributed by atoms with E-state index >= 15 is 0 Å². The highest BCUT2D eigenvalue weighted by atomic mass is 79.9. The van der Waals surface area contributed by atoms with Gasteiger partial charge in [-0.05, 0) is 61.0 Å². The molecule has 1 nitrogen and oxygen atoms in total. The number of benzene rings is 1. The lowest BCUT2D eigenvalue weighted by atomic mass is 9.97. The van der Waals surface area contributed by atoms with E-state index in [9.17, 15) is 0 Å². The van der Waals surface area contributed by atoms with Crippen LogP contribution in [-0.4, -0.2) is 6.54 Å². The van der Waals surface area contributed by atoms with Crippen LogP contribution in [0.25, 0.3) is 0 Å². The third kappa shape index (κ3) is 4.16. The molecule has 2 rings (SSSR count). The van der Waals surface area contributed by atoms with Crippen molar-refractivity contribution < 1.29 is 0 Å². The van der Waals surface area contributed by atoms with E-state index in [0.29, 0.717) is 6.04 Å². The first-order valence-corrected chi connectivity index (χ1v) is 8.39. The van der Waals surface area contributed by atoms with E-state index in [1.807, 2.05) is 11.3 Å². The molecule has 1 unspecified atom stereocenters. The van der Waals surface area contributed by atoms with E-state index < -0.39 is 0 Å². The fraction of sp³-hybridized carbons (Fsp3) is 0.375. The third-order valence-electron chi connectivity index (χ3n) is 3.33. The van der Waals surface area contributed by atoms with E-state index in [-0.39, 0.29) is 0 Å². The highest BCUT2D eigenvalue weighted by molar-refractivity contribution is 9.10. The predicted molar refractivity (Wildman–Crippen MR) is 87.9 cm³/mol. The summed E-state index contributed by atoms with van der Waals surface area (Å²) in [6.07, 6.45) is 2.28. The minimum absolute atomic E-state index is 0.435. The minimum atomic E-state index is 0.435. The summed E-state index contributed by atoms with van der Waals surface area (Å²) in [5, 5.41) is 5.77. The van der Waals surface area contributed by atoms with Gasteiger partial charge in [0.25, 0.3) is 0 Å². The van der Waals surface area contributed by atoms with Gasteiger partial charge < -0.3 is 5.32 Å². The topological polar surface area (TPSA) is 12.0 Å². The first-order valence-electron chi connectivity index (χ1n) is 6.72. The van der Waals surface area contributed by atoms with Gasteiger partial charge in [-0.25, -0.2) is 0 Å². The molecule has 1 aromatic carbocycles. The van der Waals surface area contributed by atoms with Crippen LogP contribution in [0.5, 0.6) is 0 Å². The first-order chi connectivity index (χ1) is 9.20. The number of hydrogen-bond donors (Lipinski definition) is 1. The van der Waals surface area contributed by atoms with Gasteiger partial charge >= 0.3 is 0 Å². The van der Waals surface area contributed by atoms with Gasteiger partial charge in [-0.2, -0.15) is 0 Å². The molecular formula is C16H20BrNS. The molecule has 3 heteroatoms. The van der Waals surface area contributed by atoms with Crippen molar-refractivity contribution in [3.63, 3.8) is 0 Å². The Balaban J connectivity index is 2.12. The Hall–Kier alpha value is -0.640. The maximum atomic E-state index is 3.61. The molecule has 19 heavy (non-hydrogen) atoms. The van der Waals surface area contributed by atoms with Crippen LogP contribution in [0.1, 0.15) is 35.4 Å². The zero-order valence-corrected chi connectivity index (χ0v) is 13.9. The molecule has 0 aliphatic carbocycles. The van der Waals surface area contributed by atoms with Crippen LogP contribution in [0.4, 0.5) is 0 Å². The number of hydrogen-bond acceptors (Lipinski definition) is 2. The van der Waals surface area contributed by atoms with Crippen LogP contribution >= 0.6 is 27.3 Å². The van der Waals surface area contributed by atoms with E-state index in [2.05, 4.69) is 70.8 Å². The lowest BCUT2D eigenvalue weighted by Gasteiger charge is -2.20. The van der Waals surface area contributed by atoms with Gasteiger partial charge in [0.15, 0.2) is 0 Å². The Morgan fingerprint density at radius 3 is 2.84 bits per heavy atom. The van der Waals surface area contributed by atoms with Gasteiger partial charge in [0.1, 0.15) is 0 Å². The van der Waals surface area contributed by atoms with Crippen molar-refractivity contribution in [2.75, 3.05) is 6.54 Å². The summed E-state index contributed by atoms with van der Waals surface area (Å²) in [6.45, 7) is 5.36. The number of rotatable bonds is 6. The number of nitrogens with one attached hydrogen (secondary N) is 1. The Bertz CT molecular complexity index is 507. The summed E-state index contributed by atoms with van der Waals surface area (Å²) < 4.78 is 1.16. The summed E-state index contributed by atoms with van der Waals surface area (Å²) in [4.78, 5) is 1.47. The Morgan fingerprint density at radius 1 is 1.32 bits per heavy atom. The van der Waals surface area contributed by atoms with Crippen molar-refractivity contribution in [2.24, 2.45) is 0 Å². The second-order valence-electron chi connectivity index (χ2n) is 4.73. The molecule has 0 bridgehead atoms. The molecule has 2 aromatic rings. The molecule has 1 aromatic heterocycles. The molecule has 102 valence electrons. The van der Waals surface area contributed by atoms with Gasteiger partial charge in [-0.3, -0.25) is 0 Å². The van der Waals surface area contributed by atoms with E-state index in [4.69, 9.17) is 0 Å². The lowest BCUT2D eigenvalue weighted by molar-refractivity contribution is 0.515. The monoisotopic (exact) mass is 337 g/mol. The van der Waals surface area contributed by atoms with Gasteiger partial charge in [0.2, 0.25) is 0 Å². The van der Waals surface area contributed by atoms with Crippen LogP contribution in [0, 0.1) is 6.92 Å². The lowest BCUT2D eigenvalue weighted by Crippen LogP contribution is -2.22. The zero-order valence-electron chi connectivity index (χ0n) is 11.4. The molecule has 1 atom stereocenters. The number of thiophene rings is 1.